The van der Waals surface area contributed by atoms with Crippen LogP contribution in [0.4, 0.5) is 0 Å². The highest BCUT2D eigenvalue weighted by Crippen LogP contribution is 2.52. The zero-order valence-electron chi connectivity index (χ0n) is 18.9. The summed E-state index contributed by atoms with van der Waals surface area (Å²) in [5, 5.41) is 1.28. The van der Waals surface area contributed by atoms with Gasteiger partial charge in [0.2, 0.25) is 0 Å². The van der Waals surface area contributed by atoms with Crippen molar-refractivity contribution in [2.24, 2.45) is 5.92 Å². The number of benzene rings is 1. The fourth-order valence-corrected chi connectivity index (χ4v) is 6.59. The summed E-state index contributed by atoms with van der Waals surface area (Å²) in [6, 6.07) is 13.8. The van der Waals surface area contributed by atoms with Gasteiger partial charge >= 0.3 is 0 Å². The molecule has 0 bridgehead atoms. The molecule has 1 saturated heterocycles. The minimum Gasteiger partial charge on any atom is -0.316 e. The first-order valence-corrected chi connectivity index (χ1v) is 12.8. The van der Waals surface area contributed by atoms with Crippen LogP contribution >= 0.6 is 11.3 Å². The maximum atomic E-state index is 4.30. The highest BCUT2D eigenvalue weighted by molar-refractivity contribution is 7.20. The van der Waals surface area contributed by atoms with E-state index in [-0.39, 0.29) is 0 Å². The van der Waals surface area contributed by atoms with Crippen LogP contribution in [0.5, 0.6) is 0 Å². The summed E-state index contributed by atoms with van der Waals surface area (Å²) < 4.78 is 1.25. The zero-order valence-corrected chi connectivity index (χ0v) is 19.7. The van der Waals surface area contributed by atoms with Crippen LogP contribution in [0.25, 0.3) is 21.4 Å². The van der Waals surface area contributed by atoms with E-state index in [1.54, 1.807) is 5.57 Å². The summed E-state index contributed by atoms with van der Waals surface area (Å²) in [6.45, 7) is 2.42. The van der Waals surface area contributed by atoms with Gasteiger partial charge in [-0.05, 0) is 97.3 Å². The molecule has 3 nitrogen and oxygen atoms in total. The summed E-state index contributed by atoms with van der Waals surface area (Å²) >= 11 is 1.84. The van der Waals surface area contributed by atoms with E-state index < -0.39 is 0 Å². The monoisotopic (exact) mass is 449 g/mol. The Morgan fingerprint density at radius 3 is 2.73 bits per heavy atom. The number of hydrogen-bond acceptors (Lipinski definition) is 4. The Morgan fingerprint density at radius 1 is 1.06 bits per heavy atom. The Hall–Kier alpha value is -2.95. The Kier molecular flexibility index (Phi) is 4.46. The van der Waals surface area contributed by atoms with Crippen LogP contribution < -0.4 is 0 Å². The van der Waals surface area contributed by atoms with E-state index in [1.807, 2.05) is 23.7 Å². The molecular formula is C29H27N3S. The van der Waals surface area contributed by atoms with Crippen molar-refractivity contribution in [2.45, 2.75) is 25.2 Å². The van der Waals surface area contributed by atoms with Crippen molar-refractivity contribution < 1.29 is 0 Å². The number of aromatic nitrogens is 1. The lowest BCUT2D eigenvalue weighted by Crippen LogP contribution is -2.29. The second kappa shape index (κ2) is 7.54. The number of piperidine rings is 1. The largest absolute Gasteiger partial charge is 0.316 e. The standard InChI is InChI=1S/C29H27N3S/c1-31-11-7-21(8-12-31)19-2-4-20(5-3-19)22-9-13-32-26(15-22)25-14-24(25)16-27(32)28-17-23-6-10-30-18-29(23)33-28/h2-6,9-10,13,15-18,21,24H,7-8,11-12,14H2,1H3. The van der Waals surface area contributed by atoms with Crippen molar-refractivity contribution in [2.75, 3.05) is 20.1 Å². The predicted molar refractivity (Wildman–Crippen MR) is 138 cm³/mol. The van der Waals surface area contributed by atoms with Crippen molar-refractivity contribution >= 4 is 32.7 Å². The second-order valence-corrected chi connectivity index (χ2v) is 10.9. The first kappa shape index (κ1) is 19.5. The van der Waals surface area contributed by atoms with Gasteiger partial charge in [-0.3, -0.25) is 4.98 Å². The maximum absolute atomic E-state index is 4.30. The fourth-order valence-electron chi connectivity index (χ4n) is 5.54. The van der Waals surface area contributed by atoms with Crippen LogP contribution in [0.15, 0.2) is 84.5 Å². The zero-order chi connectivity index (χ0) is 21.9. The molecule has 4 aliphatic rings. The van der Waals surface area contributed by atoms with E-state index in [2.05, 4.69) is 82.7 Å². The molecule has 1 aliphatic carbocycles. The van der Waals surface area contributed by atoms with Crippen LogP contribution in [0.3, 0.4) is 0 Å². The number of nitrogens with zero attached hydrogens (tertiary/aromatic N) is 3. The quantitative estimate of drug-likeness (QED) is 0.446. The lowest BCUT2D eigenvalue weighted by atomic mass is 9.88. The molecule has 1 unspecified atom stereocenters. The third kappa shape index (κ3) is 3.40. The van der Waals surface area contributed by atoms with Crippen molar-refractivity contribution in [1.29, 1.82) is 0 Å². The van der Waals surface area contributed by atoms with E-state index in [9.17, 15) is 0 Å². The number of likely N-dealkylation sites (tertiary alicyclic amines) is 1. The lowest BCUT2D eigenvalue weighted by Gasteiger charge is -2.30. The number of fused-ring (bicyclic) bond motifs is 3. The molecule has 0 N–H and O–H groups in total. The fraction of sp³-hybridized carbons (Fsp3) is 0.276. The molecule has 2 aromatic heterocycles. The van der Waals surface area contributed by atoms with Crippen LogP contribution in [0.2, 0.25) is 0 Å². The molecule has 7 rings (SSSR count). The molecule has 164 valence electrons. The van der Waals surface area contributed by atoms with E-state index in [1.165, 1.54) is 75.4 Å². The van der Waals surface area contributed by atoms with Gasteiger partial charge < -0.3 is 9.80 Å². The van der Waals surface area contributed by atoms with Gasteiger partial charge in [0, 0.05) is 30.2 Å². The minimum absolute atomic E-state index is 0.602. The molecular weight excluding hydrogens is 422 g/mol. The average Bonchev–Trinajstić information content (AvgIpc) is 3.53. The number of pyridine rings is 1. The van der Waals surface area contributed by atoms with E-state index in [0.717, 1.165) is 0 Å². The molecule has 2 fully saturated rings. The van der Waals surface area contributed by atoms with E-state index >= 15 is 0 Å². The molecule has 0 amide bonds. The molecule has 1 aromatic carbocycles. The first-order valence-electron chi connectivity index (χ1n) is 12.0. The summed E-state index contributed by atoms with van der Waals surface area (Å²) in [5.74, 6) is 1.31. The normalized spacial score (nSPS) is 22.8. The highest BCUT2D eigenvalue weighted by atomic mass is 32.1. The van der Waals surface area contributed by atoms with E-state index in [4.69, 9.17) is 0 Å². The van der Waals surface area contributed by atoms with Gasteiger partial charge in [-0.15, -0.1) is 11.3 Å². The van der Waals surface area contributed by atoms with Gasteiger partial charge in [0.05, 0.1) is 15.3 Å². The SMILES string of the molecule is CN1CCC(c2ccc(C3=CC4=C5CC5C=C(c5cc6ccncc6s5)N4C=C3)cc2)CC1. The van der Waals surface area contributed by atoms with Crippen molar-refractivity contribution in [3.05, 3.63) is 100 Å². The van der Waals surface area contributed by atoms with Crippen LogP contribution in [-0.2, 0) is 0 Å². The number of thiophene rings is 1. The summed E-state index contributed by atoms with van der Waals surface area (Å²) in [6.07, 6.45) is 17.0. The molecule has 4 heteroatoms. The Balaban J connectivity index is 1.16. The molecule has 3 aromatic rings. The summed E-state index contributed by atoms with van der Waals surface area (Å²) in [7, 11) is 2.23. The van der Waals surface area contributed by atoms with Crippen molar-refractivity contribution in [3.63, 3.8) is 0 Å². The molecule has 33 heavy (non-hydrogen) atoms. The molecule has 1 saturated carbocycles. The summed E-state index contributed by atoms with van der Waals surface area (Å²) in [5.41, 5.74) is 8.41. The summed E-state index contributed by atoms with van der Waals surface area (Å²) in [4.78, 5) is 10.5. The van der Waals surface area contributed by atoms with E-state index in [0.29, 0.717) is 11.8 Å². The Morgan fingerprint density at radius 2 is 1.91 bits per heavy atom. The Bertz CT molecular complexity index is 1330. The predicted octanol–water partition coefficient (Wildman–Crippen LogP) is 6.65. The van der Waals surface area contributed by atoms with Crippen molar-refractivity contribution in [1.82, 2.24) is 14.8 Å². The number of rotatable bonds is 3. The third-order valence-corrected chi connectivity index (χ3v) is 8.75. The smallest absolute Gasteiger partial charge is 0.0594 e. The third-order valence-electron chi connectivity index (χ3n) is 7.64. The molecule has 0 spiro atoms. The minimum atomic E-state index is 0.602. The lowest BCUT2D eigenvalue weighted by molar-refractivity contribution is 0.255. The second-order valence-electron chi connectivity index (χ2n) is 9.78. The van der Waals surface area contributed by atoms with Crippen LogP contribution in [0.1, 0.15) is 41.2 Å². The van der Waals surface area contributed by atoms with Gasteiger partial charge in [-0.25, -0.2) is 0 Å². The first-order chi connectivity index (χ1) is 16.2. The van der Waals surface area contributed by atoms with Crippen LogP contribution in [-0.4, -0.2) is 34.9 Å². The Labute approximate surface area is 199 Å². The van der Waals surface area contributed by atoms with Crippen molar-refractivity contribution in [3.8, 4) is 0 Å². The molecule has 5 heterocycles. The number of hydrogen-bond donors (Lipinski definition) is 0. The molecule has 0 radical (unpaired) electrons. The molecule has 3 aliphatic heterocycles. The average molecular weight is 450 g/mol. The van der Waals surface area contributed by atoms with Gasteiger partial charge in [-0.1, -0.05) is 30.3 Å². The van der Waals surface area contributed by atoms with Crippen LogP contribution in [0, 0.1) is 5.92 Å². The van der Waals surface area contributed by atoms with Gasteiger partial charge in [0.1, 0.15) is 0 Å². The maximum Gasteiger partial charge on any atom is 0.0594 e. The topological polar surface area (TPSA) is 19.4 Å². The number of allylic oxidation sites excluding steroid dienone is 5. The molecule has 1 atom stereocenters. The van der Waals surface area contributed by atoms with Gasteiger partial charge in [0.15, 0.2) is 0 Å². The highest BCUT2D eigenvalue weighted by Gasteiger charge is 2.39. The van der Waals surface area contributed by atoms with Gasteiger partial charge in [-0.2, -0.15) is 0 Å². The van der Waals surface area contributed by atoms with Gasteiger partial charge in [0.25, 0.3) is 0 Å².